The molecule has 0 atom stereocenters. The summed E-state index contributed by atoms with van der Waals surface area (Å²) < 4.78 is 23.7. The molecule has 0 saturated heterocycles. The highest BCUT2D eigenvalue weighted by Gasteiger charge is 2.05. The van der Waals surface area contributed by atoms with Crippen LogP contribution in [-0.2, 0) is 10.0 Å². The van der Waals surface area contributed by atoms with Gasteiger partial charge in [-0.2, -0.15) is 0 Å². The minimum absolute atomic E-state index is 0.110. The van der Waals surface area contributed by atoms with Crippen molar-refractivity contribution < 1.29 is 13.5 Å². The Hall–Kier alpha value is -0.570. The molecule has 0 fully saturated rings. The van der Waals surface area contributed by atoms with E-state index < -0.39 is 10.0 Å². The van der Waals surface area contributed by atoms with Gasteiger partial charge in [-0.05, 0) is 6.92 Å². The normalized spacial score (nSPS) is 10.4. The molecule has 0 amide bonds. The molecule has 0 rings (SSSR count). The van der Waals surface area contributed by atoms with Crippen molar-refractivity contribution in [2.24, 2.45) is 0 Å². The predicted molar refractivity (Wildman–Crippen MR) is 42.3 cm³/mol. The highest BCUT2D eigenvalue weighted by atomic mass is 32.2. The van der Waals surface area contributed by atoms with Crippen LogP contribution in [0.2, 0.25) is 0 Å². The lowest BCUT2D eigenvalue weighted by Gasteiger charge is -1.99. The van der Waals surface area contributed by atoms with Gasteiger partial charge in [0, 0.05) is 0 Å². The minimum Gasteiger partial charge on any atom is -0.395 e. The molecule has 0 spiro atoms. The van der Waals surface area contributed by atoms with Crippen LogP contribution in [0.25, 0.3) is 0 Å². The van der Waals surface area contributed by atoms with E-state index in [-0.39, 0.29) is 18.9 Å². The summed E-state index contributed by atoms with van der Waals surface area (Å²) in [4.78, 5) is 0. The molecule has 4 nitrogen and oxygen atoms in total. The third-order valence-electron chi connectivity index (χ3n) is 0.917. The van der Waals surface area contributed by atoms with Crippen LogP contribution < -0.4 is 4.72 Å². The second-order valence-electron chi connectivity index (χ2n) is 1.79. The average molecular weight is 177 g/mol. The van der Waals surface area contributed by atoms with Crippen molar-refractivity contribution in [3.8, 4) is 11.8 Å². The maximum Gasteiger partial charge on any atom is 0.214 e. The first kappa shape index (κ1) is 10.4. The van der Waals surface area contributed by atoms with E-state index in [0.717, 1.165) is 0 Å². The fraction of sp³-hybridized carbons (Fsp3) is 0.667. The monoisotopic (exact) mass is 177 g/mol. The van der Waals surface area contributed by atoms with E-state index >= 15 is 0 Å². The summed E-state index contributed by atoms with van der Waals surface area (Å²) in [5.41, 5.74) is 0. The molecule has 0 heterocycles. The first-order chi connectivity index (χ1) is 5.12. The average Bonchev–Trinajstić information content (AvgIpc) is 1.87. The molecule has 5 heteroatoms. The van der Waals surface area contributed by atoms with E-state index in [9.17, 15) is 8.42 Å². The summed E-state index contributed by atoms with van der Waals surface area (Å²) in [6.07, 6.45) is 0. The van der Waals surface area contributed by atoms with E-state index in [1.165, 1.54) is 0 Å². The van der Waals surface area contributed by atoms with Gasteiger partial charge in [-0.1, -0.05) is 5.92 Å². The zero-order valence-corrected chi connectivity index (χ0v) is 7.11. The Morgan fingerprint density at radius 2 is 2.18 bits per heavy atom. The van der Waals surface area contributed by atoms with E-state index in [0.29, 0.717) is 0 Å². The fourth-order valence-corrected chi connectivity index (χ4v) is 1.10. The number of sulfonamides is 1. The lowest BCUT2D eigenvalue weighted by Crippen LogP contribution is -2.28. The number of aliphatic hydroxyl groups excluding tert-OH is 1. The summed E-state index contributed by atoms with van der Waals surface area (Å²) in [5.74, 6) is 4.82. The highest BCUT2D eigenvalue weighted by molar-refractivity contribution is 7.89. The Kier molecular flexibility index (Phi) is 4.86. The third-order valence-corrected chi connectivity index (χ3v) is 2.22. The van der Waals surface area contributed by atoms with Gasteiger partial charge in [-0.25, -0.2) is 13.1 Å². The quantitative estimate of drug-likeness (QED) is 0.537. The summed E-state index contributed by atoms with van der Waals surface area (Å²) in [5, 5.41) is 8.30. The maximum absolute atomic E-state index is 10.8. The van der Waals surface area contributed by atoms with Gasteiger partial charge in [0.15, 0.2) is 0 Å². The van der Waals surface area contributed by atoms with E-state index in [1.807, 2.05) is 0 Å². The third kappa shape index (κ3) is 5.85. The van der Waals surface area contributed by atoms with E-state index in [2.05, 4.69) is 16.6 Å². The Morgan fingerprint density at radius 1 is 1.55 bits per heavy atom. The van der Waals surface area contributed by atoms with Crippen LogP contribution in [0.3, 0.4) is 0 Å². The zero-order valence-electron chi connectivity index (χ0n) is 6.29. The van der Waals surface area contributed by atoms with Crippen molar-refractivity contribution in [2.75, 3.05) is 18.9 Å². The molecule has 0 aromatic rings. The molecule has 11 heavy (non-hydrogen) atoms. The smallest absolute Gasteiger partial charge is 0.214 e. The SMILES string of the molecule is CC#CCNS(=O)(=O)CCO. The summed E-state index contributed by atoms with van der Waals surface area (Å²) in [7, 11) is -3.31. The first-order valence-corrected chi connectivity index (χ1v) is 4.75. The van der Waals surface area contributed by atoms with Crippen molar-refractivity contribution in [1.82, 2.24) is 4.72 Å². The summed E-state index contributed by atoms with van der Waals surface area (Å²) >= 11 is 0. The van der Waals surface area contributed by atoms with Gasteiger partial charge in [-0.15, -0.1) is 5.92 Å². The molecule has 0 unspecified atom stereocenters. The Bertz CT molecular complexity index is 247. The van der Waals surface area contributed by atoms with Crippen molar-refractivity contribution in [1.29, 1.82) is 0 Å². The minimum atomic E-state index is -3.31. The van der Waals surface area contributed by atoms with Gasteiger partial charge in [-0.3, -0.25) is 0 Å². The largest absolute Gasteiger partial charge is 0.395 e. The van der Waals surface area contributed by atoms with Gasteiger partial charge < -0.3 is 5.11 Å². The number of hydrogen-bond donors (Lipinski definition) is 2. The molecule has 0 bridgehead atoms. The second-order valence-corrected chi connectivity index (χ2v) is 3.72. The fourth-order valence-electron chi connectivity index (χ4n) is 0.427. The Morgan fingerprint density at radius 3 is 2.64 bits per heavy atom. The molecule has 2 N–H and O–H groups in total. The summed E-state index contributed by atoms with van der Waals surface area (Å²) in [6.45, 7) is 1.37. The first-order valence-electron chi connectivity index (χ1n) is 3.10. The van der Waals surface area contributed by atoms with E-state index in [1.54, 1.807) is 6.92 Å². The predicted octanol–water partition coefficient (Wildman–Crippen LogP) is -1.08. The Balaban J connectivity index is 3.80. The lowest BCUT2D eigenvalue weighted by molar-refractivity contribution is 0.319. The van der Waals surface area contributed by atoms with Gasteiger partial charge in [0.05, 0.1) is 18.9 Å². The topological polar surface area (TPSA) is 66.4 Å². The molecule has 0 aliphatic heterocycles. The molecular formula is C6H11NO3S. The van der Waals surface area contributed by atoms with Crippen LogP contribution >= 0.6 is 0 Å². The molecular weight excluding hydrogens is 166 g/mol. The van der Waals surface area contributed by atoms with Crippen LogP contribution in [0.4, 0.5) is 0 Å². The standard InChI is InChI=1S/C6H11NO3S/c1-2-3-4-7-11(9,10)6-5-8/h7-8H,4-6H2,1H3. The molecule has 0 radical (unpaired) electrons. The Labute approximate surface area is 66.7 Å². The lowest BCUT2D eigenvalue weighted by atomic mass is 10.6. The van der Waals surface area contributed by atoms with Crippen LogP contribution in [0, 0.1) is 11.8 Å². The van der Waals surface area contributed by atoms with Crippen LogP contribution in [0.15, 0.2) is 0 Å². The highest BCUT2D eigenvalue weighted by Crippen LogP contribution is 1.80. The van der Waals surface area contributed by atoms with Crippen molar-refractivity contribution in [2.45, 2.75) is 6.92 Å². The maximum atomic E-state index is 10.8. The van der Waals surface area contributed by atoms with Gasteiger partial charge in [0.1, 0.15) is 0 Å². The molecule has 0 aromatic heterocycles. The van der Waals surface area contributed by atoms with Crippen molar-refractivity contribution in [3.05, 3.63) is 0 Å². The van der Waals surface area contributed by atoms with Crippen molar-refractivity contribution in [3.63, 3.8) is 0 Å². The van der Waals surface area contributed by atoms with Crippen LogP contribution in [-0.4, -0.2) is 32.4 Å². The molecule has 0 aliphatic rings. The van der Waals surface area contributed by atoms with Gasteiger partial charge >= 0.3 is 0 Å². The van der Waals surface area contributed by atoms with E-state index in [4.69, 9.17) is 5.11 Å². The number of nitrogens with one attached hydrogen (secondary N) is 1. The number of hydrogen-bond acceptors (Lipinski definition) is 3. The van der Waals surface area contributed by atoms with Gasteiger partial charge in [0.2, 0.25) is 10.0 Å². The van der Waals surface area contributed by atoms with Gasteiger partial charge in [0.25, 0.3) is 0 Å². The van der Waals surface area contributed by atoms with Crippen molar-refractivity contribution >= 4 is 10.0 Å². The molecule has 64 valence electrons. The van der Waals surface area contributed by atoms with Crippen LogP contribution in [0.1, 0.15) is 6.92 Å². The molecule has 0 aliphatic carbocycles. The molecule has 0 saturated carbocycles. The molecule has 0 aromatic carbocycles. The second kappa shape index (κ2) is 5.13. The summed E-state index contributed by atoms with van der Waals surface area (Å²) in [6, 6.07) is 0. The number of rotatable bonds is 4. The zero-order chi connectivity index (χ0) is 8.74. The number of aliphatic hydroxyl groups is 1. The van der Waals surface area contributed by atoms with Crippen LogP contribution in [0.5, 0.6) is 0 Å².